The molecule has 5 heteroatoms. The van der Waals surface area contributed by atoms with E-state index >= 15 is 0 Å². The number of hydrogen-bond donors (Lipinski definition) is 1. The largest absolute Gasteiger partial charge is 0.508 e. The lowest BCUT2D eigenvalue weighted by atomic mass is 10.2. The second kappa shape index (κ2) is 5.03. The third-order valence-corrected chi connectivity index (χ3v) is 4.57. The Morgan fingerprint density at radius 3 is 2.77 bits per heavy atom. The fourth-order valence-electron chi connectivity index (χ4n) is 2.51. The zero-order valence-corrected chi connectivity index (χ0v) is 12.8. The summed E-state index contributed by atoms with van der Waals surface area (Å²) in [7, 11) is 0. The van der Waals surface area contributed by atoms with Gasteiger partial charge >= 0.3 is 0 Å². The smallest absolute Gasteiger partial charge is 0.195 e. The fourth-order valence-corrected chi connectivity index (χ4v) is 3.49. The number of fused-ring (bicyclic) bond motifs is 3. The van der Waals surface area contributed by atoms with Crippen molar-refractivity contribution in [3.8, 4) is 22.8 Å². The summed E-state index contributed by atoms with van der Waals surface area (Å²) in [5.74, 6) is 1.13. The molecule has 0 aliphatic carbocycles. The number of phenolic OH excluding ortho intramolecular Hbond substituents is 1. The van der Waals surface area contributed by atoms with Gasteiger partial charge in [0.15, 0.2) is 4.96 Å². The zero-order chi connectivity index (χ0) is 15.1. The Bertz CT molecular complexity index is 954. The van der Waals surface area contributed by atoms with E-state index in [1.165, 1.54) is 4.70 Å². The van der Waals surface area contributed by atoms with Crippen LogP contribution in [0, 0.1) is 0 Å². The number of nitrogens with zero attached hydrogens (tertiary/aromatic N) is 2. The van der Waals surface area contributed by atoms with Crippen LogP contribution in [0.5, 0.6) is 11.5 Å². The van der Waals surface area contributed by atoms with Gasteiger partial charge < -0.3 is 9.84 Å². The summed E-state index contributed by atoms with van der Waals surface area (Å²) in [5.41, 5.74) is 2.99. The molecule has 0 atom stereocenters. The summed E-state index contributed by atoms with van der Waals surface area (Å²) in [6.45, 7) is 2.63. The Kier molecular flexibility index (Phi) is 3.01. The summed E-state index contributed by atoms with van der Waals surface area (Å²) in [6.07, 6.45) is 2.02. The van der Waals surface area contributed by atoms with Crippen molar-refractivity contribution in [2.45, 2.75) is 6.92 Å². The summed E-state index contributed by atoms with van der Waals surface area (Å²) in [4.78, 5) is 5.64. The van der Waals surface area contributed by atoms with Gasteiger partial charge in [-0.15, -0.1) is 0 Å². The van der Waals surface area contributed by atoms with Crippen molar-refractivity contribution >= 4 is 26.5 Å². The number of thiazole rings is 1. The highest BCUT2D eigenvalue weighted by atomic mass is 32.1. The molecule has 0 unspecified atom stereocenters. The number of hydrogen-bond acceptors (Lipinski definition) is 4. The minimum Gasteiger partial charge on any atom is -0.508 e. The lowest BCUT2D eigenvalue weighted by molar-refractivity contribution is 0.340. The van der Waals surface area contributed by atoms with Crippen LogP contribution in [0.15, 0.2) is 48.7 Å². The van der Waals surface area contributed by atoms with Crippen LogP contribution in [0.2, 0.25) is 0 Å². The molecule has 0 aliphatic heterocycles. The van der Waals surface area contributed by atoms with Gasteiger partial charge in [0, 0.05) is 17.8 Å². The van der Waals surface area contributed by atoms with Crippen LogP contribution >= 0.6 is 11.3 Å². The zero-order valence-electron chi connectivity index (χ0n) is 12.0. The molecule has 0 saturated carbocycles. The van der Waals surface area contributed by atoms with Crippen molar-refractivity contribution in [2.24, 2.45) is 0 Å². The molecule has 0 amide bonds. The standard InChI is InChI=1S/C17H14N2O2S/c1-2-21-13-7-8-16-15(9-13)19-10-14(18-17(19)22-16)11-3-5-12(20)6-4-11/h3-10,20H,2H2,1H3. The van der Waals surface area contributed by atoms with E-state index in [1.807, 2.05) is 37.4 Å². The Balaban J connectivity index is 1.86. The molecule has 0 aliphatic rings. The second-order valence-corrected chi connectivity index (χ2v) is 6.00. The number of rotatable bonds is 3. The van der Waals surface area contributed by atoms with Gasteiger partial charge in [-0.1, -0.05) is 11.3 Å². The Morgan fingerprint density at radius 2 is 2.00 bits per heavy atom. The number of benzene rings is 2. The van der Waals surface area contributed by atoms with Gasteiger partial charge in [0.2, 0.25) is 0 Å². The first-order chi connectivity index (χ1) is 10.7. The van der Waals surface area contributed by atoms with Crippen LogP contribution in [0.25, 0.3) is 26.4 Å². The number of imidazole rings is 1. The second-order valence-electron chi connectivity index (χ2n) is 4.99. The van der Waals surface area contributed by atoms with E-state index in [9.17, 15) is 5.11 Å². The molecule has 0 fully saturated rings. The summed E-state index contributed by atoms with van der Waals surface area (Å²) in [5, 5.41) is 9.39. The lowest BCUT2D eigenvalue weighted by Crippen LogP contribution is -1.90. The normalized spacial score (nSPS) is 11.3. The average Bonchev–Trinajstić information content (AvgIpc) is 3.06. The predicted molar refractivity (Wildman–Crippen MR) is 88.8 cm³/mol. The molecule has 0 saturated heterocycles. The van der Waals surface area contributed by atoms with Crippen molar-refractivity contribution in [3.63, 3.8) is 0 Å². The van der Waals surface area contributed by atoms with Gasteiger partial charge in [-0.2, -0.15) is 0 Å². The van der Waals surface area contributed by atoms with Gasteiger partial charge in [0.1, 0.15) is 11.5 Å². The highest BCUT2D eigenvalue weighted by molar-refractivity contribution is 7.23. The van der Waals surface area contributed by atoms with Crippen molar-refractivity contribution in [2.75, 3.05) is 6.61 Å². The maximum atomic E-state index is 9.39. The third-order valence-electron chi connectivity index (χ3n) is 3.54. The number of aromatic hydroxyl groups is 1. The van der Waals surface area contributed by atoms with Crippen LogP contribution in [-0.4, -0.2) is 21.1 Å². The Morgan fingerprint density at radius 1 is 1.18 bits per heavy atom. The van der Waals surface area contributed by atoms with E-state index in [1.54, 1.807) is 23.5 Å². The molecular formula is C17H14N2O2S. The molecule has 0 radical (unpaired) electrons. The first-order valence-corrected chi connectivity index (χ1v) is 7.90. The number of ether oxygens (including phenoxy) is 1. The van der Waals surface area contributed by atoms with Gasteiger partial charge in [-0.25, -0.2) is 4.98 Å². The monoisotopic (exact) mass is 310 g/mol. The van der Waals surface area contributed by atoms with E-state index in [4.69, 9.17) is 4.74 Å². The quantitative estimate of drug-likeness (QED) is 0.613. The van der Waals surface area contributed by atoms with E-state index in [0.29, 0.717) is 6.61 Å². The third kappa shape index (κ3) is 2.10. The Hall–Kier alpha value is -2.53. The van der Waals surface area contributed by atoms with Gasteiger partial charge in [-0.05, 0) is 43.3 Å². The van der Waals surface area contributed by atoms with Crippen LogP contribution in [0.4, 0.5) is 0 Å². The van der Waals surface area contributed by atoms with E-state index in [2.05, 4.69) is 15.5 Å². The summed E-state index contributed by atoms with van der Waals surface area (Å²) >= 11 is 1.65. The summed E-state index contributed by atoms with van der Waals surface area (Å²) in [6, 6.07) is 13.2. The van der Waals surface area contributed by atoms with Crippen molar-refractivity contribution < 1.29 is 9.84 Å². The molecule has 1 N–H and O–H groups in total. The molecule has 22 heavy (non-hydrogen) atoms. The minimum absolute atomic E-state index is 0.261. The molecule has 110 valence electrons. The van der Waals surface area contributed by atoms with E-state index in [-0.39, 0.29) is 5.75 Å². The van der Waals surface area contributed by atoms with E-state index in [0.717, 1.165) is 27.5 Å². The SMILES string of the molecule is CCOc1ccc2sc3nc(-c4ccc(O)cc4)cn3c2c1. The molecule has 0 spiro atoms. The molecule has 0 bridgehead atoms. The first-order valence-electron chi connectivity index (χ1n) is 7.08. The lowest BCUT2D eigenvalue weighted by Gasteiger charge is -2.02. The molecule has 4 nitrogen and oxygen atoms in total. The highest BCUT2D eigenvalue weighted by Crippen LogP contribution is 2.32. The summed E-state index contributed by atoms with van der Waals surface area (Å²) < 4.78 is 8.85. The van der Waals surface area contributed by atoms with Gasteiger partial charge in [0.05, 0.1) is 22.5 Å². The van der Waals surface area contributed by atoms with E-state index < -0.39 is 0 Å². The van der Waals surface area contributed by atoms with Crippen LogP contribution < -0.4 is 4.74 Å². The van der Waals surface area contributed by atoms with Crippen LogP contribution in [-0.2, 0) is 0 Å². The molecule has 2 aromatic heterocycles. The molecule has 4 rings (SSSR count). The number of phenols is 1. The maximum absolute atomic E-state index is 9.39. The molecule has 2 aromatic carbocycles. The molecular weight excluding hydrogens is 296 g/mol. The van der Waals surface area contributed by atoms with Crippen molar-refractivity contribution in [3.05, 3.63) is 48.7 Å². The average molecular weight is 310 g/mol. The fraction of sp³-hybridized carbons (Fsp3) is 0.118. The topological polar surface area (TPSA) is 46.8 Å². The van der Waals surface area contributed by atoms with Gasteiger partial charge in [0.25, 0.3) is 0 Å². The highest BCUT2D eigenvalue weighted by Gasteiger charge is 2.11. The van der Waals surface area contributed by atoms with Crippen molar-refractivity contribution in [1.29, 1.82) is 0 Å². The predicted octanol–water partition coefficient (Wildman–Crippen LogP) is 4.32. The first kappa shape index (κ1) is 13.2. The van der Waals surface area contributed by atoms with Crippen molar-refractivity contribution in [1.82, 2.24) is 9.38 Å². The molecule has 4 aromatic rings. The minimum atomic E-state index is 0.261. The van der Waals surface area contributed by atoms with Gasteiger partial charge in [-0.3, -0.25) is 4.40 Å². The van der Waals surface area contributed by atoms with Crippen LogP contribution in [0.1, 0.15) is 6.92 Å². The molecule has 2 heterocycles. The van der Waals surface area contributed by atoms with Crippen LogP contribution in [0.3, 0.4) is 0 Å². The number of aromatic nitrogens is 2. The maximum Gasteiger partial charge on any atom is 0.195 e. The Labute approximate surface area is 131 Å².